The summed E-state index contributed by atoms with van der Waals surface area (Å²) in [7, 11) is 0. The molecule has 0 aromatic carbocycles. The number of hydrogen-bond donors (Lipinski definition) is 2. The van der Waals surface area contributed by atoms with Crippen molar-refractivity contribution in [2.75, 3.05) is 26.3 Å². The molecule has 0 aromatic heterocycles. The Morgan fingerprint density at radius 1 is 1.50 bits per heavy atom. The van der Waals surface area contributed by atoms with Crippen LogP contribution in [0.1, 0.15) is 0 Å². The number of hydrogen-bond acceptors (Lipinski definition) is 3. The highest BCUT2D eigenvalue weighted by Crippen LogP contribution is 2.44. The fraction of sp³-hybridized carbons (Fsp3) is 0.857. The predicted molar refractivity (Wildman–Crippen MR) is 37.6 cm³/mol. The number of ether oxygens (including phenoxy) is 1. The minimum atomic E-state index is -2.13. The largest absolute Gasteiger partial charge is 0.479 e. The van der Waals surface area contributed by atoms with Crippen LogP contribution in [0.25, 0.3) is 0 Å². The molecule has 12 heavy (non-hydrogen) atoms. The van der Waals surface area contributed by atoms with Crippen LogP contribution < -0.4 is 5.32 Å². The minimum Gasteiger partial charge on any atom is -0.479 e. The SMILES string of the molecule is O=C(O)C1(F)CNCC12COC2. The molecule has 1 spiro atoms. The maximum Gasteiger partial charge on any atom is 0.343 e. The van der Waals surface area contributed by atoms with E-state index >= 15 is 0 Å². The lowest BCUT2D eigenvalue weighted by Crippen LogP contribution is -2.60. The molecule has 0 aromatic rings. The van der Waals surface area contributed by atoms with Gasteiger partial charge in [-0.1, -0.05) is 0 Å². The van der Waals surface area contributed by atoms with Gasteiger partial charge < -0.3 is 15.2 Å². The lowest BCUT2D eigenvalue weighted by atomic mass is 9.74. The van der Waals surface area contributed by atoms with Crippen molar-refractivity contribution in [3.05, 3.63) is 0 Å². The molecule has 2 fully saturated rings. The van der Waals surface area contributed by atoms with E-state index < -0.39 is 17.1 Å². The number of nitrogens with one attached hydrogen (secondary N) is 1. The van der Waals surface area contributed by atoms with Gasteiger partial charge in [0.15, 0.2) is 0 Å². The number of carbonyl (C=O) groups is 1. The van der Waals surface area contributed by atoms with E-state index in [2.05, 4.69) is 5.32 Å². The summed E-state index contributed by atoms with van der Waals surface area (Å²) in [4.78, 5) is 10.7. The molecular weight excluding hydrogens is 165 g/mol. The minimum absolute atomic E-state index is 0.105. The summed E-state index contributed by atoms with van der Waals surface area (Å²) >= 11 is 0. The summed E-state index contributed by atoms with van der Waals surface area (Å²) in [6.07, 6.45) is 0. The molecule has 5 heteroatoms. The van der Waals surface area contributed by atoms with Crippen LogP contribution in [0.15, 0.2) is 0 Å². The maximum atomic E-state index is 13.8. The van der Waals surface area contributed by atoms with E-state index in [0.717, 1.165) is 0 Å². The van der Waals surface area contributed by atoms with Gasteiger partial charge in [-0.25, -0.2) is 9.18 Å². The average molecular weight is 175 g/mol. The highest BCUT2D eigenvalue weighted by atomic mass is 19.1. The van der Waals surface area contributed by atoms with Crippen molar-refractivity contribution in [3.63, 3.8) is 0 Å². The number of halogens is 1. The third-order valence-corrected chi connectivity index (χ3v) is 2.77. The summed E-state index contributed by atoms with van der Waals surface area (Å²) in [5.74, 6) is -1.38. The smallest absolute Gasteiger partial charge is 0.343 e. The van der Waals surface area contributed by atoms with Crippen LogP contribution in [0.2, 0.25) is 0 Å². The number of aliphatic carboxylic acids is 1. The van der Waals surface area contributed by atoms with Gasteiger partial charge in [-0.05, 0) is 0 Å². The summed E-state index contributed by atoms with van der Waals surface area (Å²) in [5.41, 5.74) is -2.94. The van der Waals surface area contributed by atoms with Crippen LogP contribution in [0.5, 0.6) is 0 Å². The van der Waals surface area contributed by atoms with Crippen molar-refractivity contribution < 1.29 is 19.0 Å². The van der Waals surface area contributed by atoms with Gasteiger partial charge in [0.2, 0.25) is 5.67 Å². The van der Waals surface area contributed by atoms with Crippen LogP contribution in [0, 0.1) is 5.41 Å². The Balaban J connectivity index is 2.29. The van der Waals surface area contributed by atoms with Crippen molar-refractivity contribution in [1.82, 2.24) is 5.32 Å². The first-order valence-electron chi connectivity index (χ1n) is 3.82. The van der Waals surface area contributed by atoms with E-state index in [4.69, 9.17) is 9.84 Å². The second-order valence-corrected chi connectivity index (χ2v) is 3.48. The highest BCUT2D eigenvalue weighted by molar-refractivity contribution is 5.80. The summed E-state index contributed by atoms with van der Waals surface area (Å²) in [6, 6.07) is 0. The van der Waals surface area contributed by atoms with Crippen LogP contribution in [0.3, 0.4) is 0 Å². The second kappa shape index (κ2) is 2.17. The molecule has 1 atom stereocenters. The topological polar surface area (TPSA) is 58.6 Å². The molecule has 0 saturated carbocycles. The monoisotopic (exact) mass is 175 g/mol. The zero-order chi connectivity index (χ0) is 8.82. The van der Waals surface area contributed by atoms with Crippen LogP contribution in [-0.2, 0) is 9.53 Å². The Morgan fingerprint density at radius 3 is 2.50 bits per heavy atom. The number of rotatable bonds is 1. The van der Waals surface area contributed by atoms with Gasteiger partial charge in [0.1, 0.15) is 0 Å². The Labute approximate surface area is 68.7 Å². The highest BCUT2D eigenvalue weighted by Gasteiger charge is 2.65. The molecule has 0 amide bonds. The molecule has 0 bridgehead atoms. The van der Waals surface area contributed by atoms with Gasteiger partial charge in [-0.15, -0.1) is 0 Å². The molecule has 0 aliphatic carbocycles. The number of carboxylic acids is 1. The fourth-order valence-corrected chi connectivity index (χ4v) is 1.78. The van der Waals surface area contributed by atoms with E-state index in [1.54, 1.807) is 0 Å². The molecule has 2 heterocycles. The van der Waals surface area contributed by atoms with Gasteiger partial charge in [-0.3, -0.25) is 0 Å². The third kappa shape index (κ3) is 0.702. The molecule has 4 nitrogen and oxygen atoms in total. The zero-order valence-electron chi connectivity index (χ0n) is 6.47. The fourth-order valence-electron chi connectivity index (χ4n) is 1.78. The molecule has 2 N–H and O–H groups in total. The average Bonchev–Trinajstić information content (AvgIpc) is 2.26. The number of alkyl halides is 1. The zero-order valence-corrected chi connectivity index (χ0v) is 6.47. The van der Waals surface area contributed by atoms with Crippen molar-refractivity contribution >= 4 is 5.97 Å². The molecule has 2 rings (SSSR count). The lowest BCUT2D eigenvalue weighted by Gasteiger charge is -2.43. The van der Waals surface area contributed by atoms with Crippen molar-refractivity contribution in [2.45, 2.75) is 5.67 Å². The Kier molecular flexibility index (Phi) is 1.44. The van der Waals surface area contributed by atoms with Gasteiger partial charge in [0, 0.05) is 13.1 Å². The van der Waals surface area contributed by atoms with Crippen molar-refractivity contribution in [3.8, 4) is 0 Å². The first-order chi connectivity index (χ1) is 5.61. The predicted octanol–water partition coefficient (Wildman–Crippen LogP) is -0.601. The maximum absolute atomic E-state index is 13.8. The van der Waals surface area contributed by atoms with Gasteiger partial charge in [0.25, 0.3) is 0 Å². The van der Waals surface area contributed by atoms with Crippen molar-refractivity contribution in [2.24, 2.45) is 5.41 Å². The molecular formula is C7H10FNO3. The summed E-state index contributed by atoms with van der Waals surface area (Å²) < 4.78 is 18.7. The van der Waals surface area contributed by atoms with E-state index in [0.29, 0.717) is 6.54 Å². The first kappa shape index (κ1) is 7.94. The lowest BCUT2D eigenvalue weighted by molar-refractivity contribution is -0.192. The molecule has 1 unspecified atom stereocenters. The summed E-state index contributed by atoms with van der Waals surface area (Å²) in [6.45, 7) is 0.715. The second-order valence-electron chi connectivity index (χ2n) is 3.48. The Hall–Kier alpha value is -0.680. The molecule has 2 saturated heterocycles. The van der Waals surface area contributed by atoms with E-state index in [1.807, 2.05) is 0 Å². The molecule has 68 valence electrons. The van der Waals surface area contributed by atoms with Crippen LogP contribution >= 0.6 is 0 Å². The van der Waals surface area contributed by atoms with Crippen molar-refractivity contribution in [1.29, 1.82) is 0 Å². The van der Waals surface area contributed by atoms with Gasteiger partial charge in [0.05, 0.1) is 18.6 Å². The van der Waals surface area contributed by atoms with E-state index in [-0.39, 0.29) is 19.8 Å². The molecule has 0 radical (unpaired) electrons. The van der Waals surface area contributed by atoms with Gasteiger partial charge >= 0.3 is 5.97 Å². The van der Waals surface area contributed by atoms with Gasteiger partial charge in [-0.2, -0.15) is 0 Å². The van der Waals surface area contributed by atoms with Crippen LogP contribution in [-0.4, -0.2) is 43.0 Å². The summed E-state index contributed by atoms with van der Waals surface area (Å²) in [5, 5.41) is 11.5. The third-order valence-electron chi connectivity index (χ3n) is 2.77. The number of carboxylic acid groups (broad SMARTS) is 1. The first-order valence-corrected chi connectivity index (χ1v) is 3.82. The van der Waals surface area contributed by atoms with E-state index in [9.17, 15) is 9.18 Å². The Morgan fingerprint density at radius 2 is 2.17 bits per heavy atom. The Bertz CT molecular complexity index is 229. The quantitative estimate of drug-likeness (QED) is 0.558. The standard InChI is InChI=1S/C7H10FNO3/c8-7(5(10)11)2-9-1-6(7)3-12-4-6/h9H,1-4H2,(H,10,11). The van der Waals surface area contributed by atoms with Crippen LogP contribution in [0.4, 0.5) is 4.39 Å². The molecule has 2 aliphatic rings. The van der Waals surface area contributed by atoms with E-state index in [1.165, 1.54) is 0 Å². The molecule has 2 aliphatic heterocycles. The normalized spacial score (nSPS) is 38.1.